The van der Waals surface area contributed by atoms with Crippen LogP contribution >= 0.6 is 0 Å². The second-order valence-corrected chi connectivity index (χ2v) is 22.4. The number of fused-ring (bicyclic) bond motifs is 17. The monoisotopic (exact) mass is 848 g/mol. The minimum absolute atomic E-state index is 0.0346. The van der Waals surface area contributed by atoms with Crippen molar-refractivity contribution in [1.29, 1.82) is 0 Å². The lowest BCUT2D eigenvalue weighted by Gasteiger charge is -2.44. The highest BCUT2D eigenvalue weighted by Gasteiger charge is 2.53. The van der Waals surface area contributed by atoms with Crippen molar-refractivity contribution < 1.29 is 0 Å². The third-order valence-electron chi connectivity index (χ3n) is 16.9. The van der Waals surface area contributed by atoms with Gasteiger partial charge in [0.1, 0.15) is 0 Å². The Morgan fingerprint density at radius 1 is 0.439 bits per heavy atom. The zero-order chi connectivity index (χ0) is 45.0. The van der Waals surface area contributed by atoms with Crippen molar-refractivity contribution in [2.24, 2.45) is 0 Å². The lowest BCUT2D eigenvalue weighted by atomic mass is 9.43. The van der Waals surface area contributed by atoms with Crippen LogP contribution in [0.1, 0.15) is 101 Å². The fraction of sp³-hybridized carbons (Fsp3) is 0.206. The van der Waals surface area contributed by atoms with E-state index in [4.69, 9.17) is 0 Å². The number of hydrogen-bond donors (Lipinski definition) is 0. The van der Waals surface area contributed by atoms with Gasteiger partial charge in [0.25, 0.3) is 0 Å². The zero-order valence-corrected chi connectivity index (χ0v) is 39.5. The summed E-state index contributed by atoms with van der Waals surface area (Å²) < 4.78 is 2.85. The lowest BCUT2D eigenvalue weighted by Crippen LogP contribution is -2.58. The first kappa shape index (κ1) is 38.4. The molecule has 0 N–H and O–H groups in total. The molecule has 0 atom stereocenters. The molecule has 0 amide bonds. The largest absolute Gasteiger partial charge is 0.375 e. The molecule has 9 aromatic rings. The van der Waals surface area contributed by atoms with Crippen LogP contribution in [0.5, 0.6) is 0 Å². The molecule has 2 aliphatic heterocycles. The Labute approximate surface area is 389 Å². The van der Waals surface area contributed by atoms with Crippen LogP contribution in [0.2, 0.25) is 0 Å². The van der Waals surface area contributed by atoms with Gasteiger partial charge < -0.3 is 9.38 Å². The zero-order valence-electron chi connectivity index (χ0n) is 39.5. The summed E-state index contributed by atoms with van der Waals surface area (Å²) in [5.74, 6) is 0. The van der Waals surface area contributed by atoms with Gasteiger partial charge >= 0.3 is 6.85 Å². The average Bonchev–Trinajstić information content (AvgIpc) is 3.95. The molecule has 2 nitrogen and oxygen atoms in total. The van der Waals surface area contributed by atoms with E-state index < -0.39 is 0 Å². The van der Waals surface area contributed by atoms with Crippen LogP contribution in [-0.4, -0.2) is 11.3 Å². The van der Waals surface area contributed by atoms with Crippen LogP contribution in [0.25, 0.3) is 66.7 Å². The number of hydrogen-bond acceptors (Lipinski definition) is 1. The highest BCUT2D eigenvalue weighted by Crippen LogP contribution is 2.61. The van der Waals surface area contributed by atoms with Crippen molar-refractivity contribution >= 4 is 45.7 Å². The SMILES string of the molecule is CC(C)(C)c1ccc(N2c3ccc4c(c3B3c5c(cc6c(c52)-c2ccccc2C6(C)C)-c2cccc5c6c(n3c25)-c2ccccc2C6(C)C)-c2ccccc2C4(C)C)c(-c2ccccc2)c1. The van der Waals surface area contributed by atoms with Crippen LogP contribution in [-0.2, 0) is 21.7 Å². The molecule has 3 heterocycles. The second-order valence-electron chi connectivity index (χ2n) is 22.4. The molecular formula is C63H53BN2. The molecule has 66 heavy (non-hydrogen) atoms. The molecule has 14 rings (SSSR count). The summed E-state index contributed by atoms with van der Waals surface area (Å²) in [6.07, 6.45) is 0. The molecule has 3 heteroatoms. The molecule has 0 spiro atoms. The molecule has 5 aliphatic rings. The van der Waals surface area contributed by atoms with Gasteiger partial charge in [-0.05, 0) is 107 Å². The highest BCUT2D eigenvalue weighted by atomic mass is 15.2. The number of anilines is 3. The predicted octanol–water partition coefficient (Wildman–Crippen LogP) is 14.9. The summed E-state index contributed by atoms with van der Waals surface area (Å²) in [5.41, 5.74) is 30.6. The Balaban J connectivity index is 1.23. The van der Waals surface area contributed by atoms with E-state index in [1.807, 2.05) is 0 Å². The lowest BCUT2D eigenvalue weighted by molar-refractivity contribution is 0.590. The van der Waals surface area contributed by atoms with Gasteiger partial charge in [0.15, 0.2) is 0 Å². The molecule has 318 valence electrons. The Morgan fingerprint density at radius 2 is 1.03 bits per heavy atom. The van der Waals surface area contributed by atoms with Gasteiger partial charge in [-0.2, -0.15) is 0 Å². The third-order valence-corrected chi connectivity index (χ3v) is 16.9. The van der Waals surface area contributed by atoms with Gasteiger partial charge in [0, 0.05) is 60.8 Å². The van der Waals surface area contributed by atoms with Crippen molar-refractivity contribution in [3.05, 3.63) is 197 Å². The van der Waals surface area contributed by atoms with Crippen molar-refractivity contribution in [2.75, 3.05) is 4.90 Å². The van der Waals surface area contributed by atoms with Crippen molar-refractivity contribution in [3.8, 4) is 55.8 Å². The number of rotatable bonds is 2. The standard InChI is InChI=1S/C63H53BN2/c1-60(2,3)37-30-32-50(43(34-37)36-20-11-10-12-21-36)65-51-33-31-48-52(39-22-13-16-27-45(39)61(48,4)5)56(51)64-55-44(35-49-53(59(55)65)40-23-14-17-28-46(40)62(49,6)7)38-25-19-26-42-54-58(66(64)57(38)42)41-24-15-18-29-47(41)63(54,8)9/h10-35H,1-9H3. The Hall–Kier alpha value is -6.84. The third kappa shape index (κ3) is 4.50. The van der Waals surface area contributed by atoms with Gasteiger partial charge in [0.05, 0.1) is 11.4 Å². The number of benzene rings is 8. The van der Waals surface area contributed by atoms with E-state index in [0.29, 0.717) is 0 Å². The van der Waals surface area contributed by atoms with Crippen LogP contribution < -0.4 is 15.8 Å². The van der Waals surface area contributed by atoms with E-state index in [0.717, 1.165) is 0 Å². The Bertz CT molecular complexity index is 3660. The van der Waals surface area contributed by atoms with E-state index in [1.165, 1.54) is 134 Å². The minimum Gasteiger partial charge on any atom is -0.375 e. The Morgan fingerprint density at radius 3 is 1.73 bits per heavy atom. The number of para-hydroxylation sites is 1. The maximum Gasteiger partial charge on any atom is 0.333 e. The predicted molar refractivity (Wildman–Crippen MR) is 279 cm³/mol. The first-order valence-corrected chi connectivity index (χ1v) is 24.1. The van der Waals surface area contributed by atoms with Crippen LogP contribution in [0, 0.1) is 0 Å². The summed E-state index contributed by atoms with van der Waals surface area (Å²) in [6, 6.07) is 61.2. The molecular weight excluding hydrogens is 796 g/mol. The van der Waals surface area contributed by atoms with Gasteiger partial charge in [-0.15, -0.1) is 0 Å². The van der Waals surface area contributed by atoms with E-state index in [2.05, 4.69) is 229 Å². The summed E-state index contributed by atoms with van der Waals surface area (Å²) in [4.78, 5) is 2.75. The molecule has 0 saturated heterocycles. The quantitative estimate of drug-likeness (QED) is 0.157. The van der Waals surface area contributed by atoms with Crippen LogP contribution in [0.3, 0.4) is 0 Å². The normalized spacial score (nSPS) is 16.6. The van der Waals surface area contributed by atoms with Crippen molar-refractivity contribution in [3.63, 3.8) is 0 Å². The fourth-order valence-corrected chi connectivity index (χ4v) is 13.8. The van der Waals surface area contributed by atoms with Crippen LogP contribution in [0.4, 0.5) is 17.1 Å². The van der Waals surface area contributed by atoms with Crippen LogP contribution in [0.15, 0.2) is 158 Å². The molecule has 0 fully saturated rings. The topological polar surface area (TPSA) is 8.17 Å². The first-order chi connectivity index (χ1) is 31.7. The summed E-state index contributed by atoms with van der Waals surface area (Å²) in [6.45, 7) is 21.6. The van der Waals surface area contributed by atoms with E-state index in [9.17, 15) is 0 Å². The minimum atomic E-state index is -0.214. The Kier molecular flexibility index (Phi) is 7.18. The van der Waals surface area contributed by atoms with Gasteiger partial charge in [-0.1, -0.05) is 196 Å². The van der Waals surface area contributed by atoms with Crippen molar-refractivity contribution in [2.45, 2.75) is 84.0 Å². The molecule has 3 aliphatic carbocycles. The highest BCUT2D eigenvalue weighted by molar-refractivity contribution is 6.91. The maximum atomic E-state index is 2.85. The summed E-state index contributed by atoms with van der Waals surface area (Å²) in [7, 11) is 0. The smallest absolute Gasteiger partial charge is 0.333 e. The first-order valence-electron chi connectivity index (χ1n) is 24.1. The molecule has 0 radical (unpaired) electrons. The maximum absolute atomic E-state index is 2.85. The van der Waals surface area contributed by atoms with E-state index >= 15 is 0 Å². The van der Waals surface area contributed by atoms with Gasteiger partial charge in [-0.25, -0.2) is 0 Å². The summed E-state index contributed by atoms with van der Waals surface area (Å²) >= 11 is 0. The van der Waals surface area contributed by atoms with Crippen molar-refractivity contribution in [1.82, 2.24) is 4.48 Å². The fourth-order valence-electron chi connectivity index (χ4n) is 13.8. The summed E-state index contributed by atoms with van der Waals surface area (Å²) in [5, 5.41) is 1.38. The number of nitrogens with zero attached hydrogens (tertiary/aromatic N) is 2. The second kappa shape index (κ2) is 12.3. The molecule has 0 unspecified atom stereocenters. The van der Waals surface area contributed by atoms with Gasteiger partial charge in [-0.3, -0.25) is 0 Å². The molecule has 0 saturated carbocycles. The van der Waals surface area contributed by atoms with Gasteiger partial charge in [0.2, 0.25) is 0 Å². The number of aromatic nitrogens is 1. The van der Waals surface area contributed by atoms with E-state index in [1.54, 1.807) is 0 Å². The van der Waals surface area contributed by atoms with E-state index in [-0.39, 0.29) is 28.5 Å². The average molecular weight is 849 g/mol. The molecule has 1 aromatic heterocycles. The molecule has 8 aromatic carbocycles. The molecule has 0 bridgehead atoms.